The van der Waals surface area contributed by atoms with Gasteiger partial charge in [0.25, 0.3) is 0 Å². The van der Waals surface area contributed by atoms with Crippen LogP contribution in [0.3, 0.4) is 0 Å². The smallest absolute Gasteiger partial charge is 0.311 e. The van der Waals surface area contributed by atoms with E-state index in [1.165, 1.54) is 12.8 Å². The molecule has 0 aromatic rings. The van der Waals surface area contributed by atoms with E-state index in [1.807, 2.05) is 13.8 Å². The van der Waals surface area contributed by atoms with Gasteiger partial charge in [0.2, 0.25) is 0 Å². The first kappa shape index (κ1) is 29.4. The van der Waals surface area contributed by atoms with E-state index >= 15 is 0 Å². The van der Waals surface area contributed by atoms with Gasteiger partial charge in [0.15, 0.2) is 0 Å². The van der Waals surface area contributed by atoms with E-state index in [9.17, 15) is 19.8 Å². The standard InChI is InChI=1S/C33H54O6/c1-8-30(4,5)29(36)39-26-16-24-22(23-10-9-13-31(23,26)6)12-11-20-17-33(37,25(19(2)3)18-32(20,24)7)27-14-21(34)15-28(35)38-27/h19-27,34,37H,8-18H2,1-7H3/t20-,21-,22+,23+,24+,25-,26+,27-,31-,32+,33+/m1/s1. The lowest BCUT2D eigenvalue weighted by atomic mass is 9.41. The normalized spacial score (nSPS) is 48.1. The second-order valence-electron chi connectivity index (χ2n) is 15.7. The molecule has 2 N–H and O–H groups in total. The summed E-state index contributed by atoms with van der Waals surface area (Å²) in [6.07, 6.45) is 7.81. The average molecular weight is 547 g/mol. The highest BCUT2D eigenvalue weighted by molar-refractivity contribution is 5.76. The van der Waals surface area contributed by atoms with Crippen molar-refractivity contribution in [2.75, 3.05) is 0 Å². The van der Waals surface area contributed by atoms with Crippen LogP contribution in [-0.4, -0.2) is 46.1 Å². The monoisotopic (exact) mass is 546 g/mol. The molecule has 5 aliphatic rings. The lowest BCUT2D eigenvalue weighted by Gasteiger charge is -2.65. The first-order chi connectivity index (χ1) is 18.2. The first-order valence-corrected chi connectivity index (χ1v) is 16.0. The predicted molar refractivity (Wildman–Crippen MR) is 149 cm³/mol. The van der Waals surface area contributed by atoms with Crippen LogP contribution in [0, 0.1) is 51.8 Å². The second kappa shape index (κ2) is 10.00. The summed E-state index contributed by atoms with van der Waals surface area (Å²) in [5, 5.41) is 22.7. The zero-order chi connectivity index (χ0) is 28.5. The van der Waals surface area contributed by atoms with Crippen LogP contribution in [0.1, 0.15) is 119 Å². The van der Waals surface area contributed by atoms with Gasteiger partial charge in [0, 0.05) is 11.8 Å². The number of aliphatic hydroxyl groups is 2. The fraction of sp³-hybridized carbons (Fsp3) is 0.939. The number of hydrogen-bond acceptors (Lipinski definition) is 6. The molecule has 11 atom stereocenters. The highest BCUT2D eigenvalue weighted by atomic mass is 16.6. The van der Waals surface area contributed by atoms with Gasteiger partial charge in [-0.2, -0.15) is 0 Å². The van der Waals surface area contributed by atoms with Gasteiger partial charge in [0.1, 0.15) is 17.8 Å². The number of carbonyl (C=O) groups is 2. The third kappa shape index (κ3) is 4.68. The highest BCUT2D eigenvalue weighted by Gasteiger charge is 2.66. The van der Waals surface area contributed by atoms with Crippen LogP contribution in [0.2, 0.25) is 0 Å². The van der Waals surface area contributed by atoms with Crippen LogP contribution in [0.4, 0.5) is 0 Å². The van der Waals surface area contributed by atoms with Gasteiger partial charge in [-0.05, 0) is 106 Å². The molecule has 4 aliphatic carbocycles. The van der Waals surface area contributed by atoms with Gasteiger partial charge in [-0.25, -0.2) is 0 Å². The average Bonchev–Trinajstić information content (AvgIpc) is 3.26. The summed E-state index contributed by atoms with van der Waals surface area (Å²) >= 11 is 0. The topological polar surface area (TPSA) is 93.1 Å². The summed E-state index contributed by atoms with van der Waals surface area (Å²) in [5.74, 6) is 1.67. The SMILES string of the molecule is CCC(C)(C)C(=O)O[C@H]1C[C@H]2[C@@H](CC[C@@H]3C[C@@](O)([C@H]4C[C@@H](O)CC(=O)O4)[C@@H](C(C)C)C[C@@]32C)[C@@H]2CCC[C@@]12C. The van der Waals surface area contributed by atoms with Crippen molar-refractivity contribution in [1.82, 2.24) is 0 Å². The molecular formula is C33H54O6. The molecule has 0 radical (unpaired) electrons. The van der Waals surface area contributed by atoms with Crippen molar-refractivity contribution in [3.05, 3.63) is 0 Å². The molecular weight excluding hydrogens is 492 g/mol. The molecule has 6 nitrogen and oxygen atoms in total. The fourth-order valence-corrected chi connectivity index (χ4v) is 10.2. The number of carbonyl (C=O) groups excluding carboxylic acids is 2. The molecule has 0 amide bonds. The molecule has 0 spiro atoms. The Morgan fingerprint density at radius 1 is 1.10 bits per heavy atom. The minimum atomic E-state index is -1.13. The quantitative estimate of drug-likeness (QED) is 0.408. The van der Waals surface area contributed by atoms with E-state index in [4.69, 9.17) is 9.47 Å². The lowest BCUT2D eigenvalue weighted by molar-refractivity contribution is -0.241. The molecule has 1 saturated heterocycles. The van der Waals surface area contributed by atoms with Crippen LogP contribution < -0.4 is 0 Å². The summed E-state index contributed by atoms with van der Waals surface area (Å²) in [5.41, 5.74) is -1.54. The minimum absolute atomic E-state index is 0.0128. The van der Waals surface area contributed by atoms with E-state index in [2.05, 4.69) is 34.6 Å². The van der Waals surface area contributed by atoms with Crippen LogP contribution in [0.15, 0.2) is 0 Å². The van der Waals surface area contributed by atoms with E-state index in [1.54, 1.807) is 0 Å². The Hall–Kier alpha value is -1.14. The number of rotatable bonds is 5. The van der Waals surface area contributed by atoms with Crippen LogP contribution >= 0.6 is 0 Å². The Morgan fingerprint density at radius 2 is 1.82 bits per heavy atom. The molecule has 39 heavy (non-hydrogen) atoms. The predicted octanol–water partition coefficient (Wildman–Crippen LogP) is 6.06. The molecule has 222 valence electrons. The molecule has 6 heteroatoms. The molecule has 1 heterocycles. The van der Waals surface area contributed by atoms with Crippen molar-refractivity contribution in [3.63, 3.8) is 0 Å². The summed E-state index contributed by atoms with van der Waals surface area (Å²) in [6, 6.07) is 0. The molecule has 0 aromatic heterocycles. The van der Waals surface area contributed by atoms with Crippen LogP contribution in [-0.2, 0) is 19.1 Å². The second-order valence-corrected chi connectivity index (χ2v) is 15.7. The maximum Gasteiger partial charge on any atom is 0.311 e. The van der Waals surface area contributed by atoms with Gasteiger partial charge in [-0.3, -0.25) is 9.59 Å². The van der Waals surface area contributed by atoms with Gasteiger partial charge in [0.05, 0.1) is 17.9 Å². The molecule has 0 unspecified atom stereocenters. The summed E-state index contributed by atoms with van der Waals surface area (Å²) < 4.78 is 12.3. The zero-order valence-electron chi connectivity index (χ0n) is 25.5. The molecule has 1 aliphatic heterocycles. The van der Waals surface area contributed by atoms with E-state index in [0.717, 1.165) is 38.5 Å². The third-order valence-electron chi connectivity index (χ3n) is 13.0. The Kier molecular flexibility index (Phi) is 7.52. The molecule has 5 rings (SSSR count). The maximum absolute atomic E-state index is 13.4. The number of hydrogen-bond donors (Lipinski definition) is 2. The maximum atomic E-state index is 13.4. The van der Waals surface area contributed by atoms with E-state index in [0.29, 0.717) is 36.5 Å². The number of esters is 2. The molecule has 0 bridgehead atoms. The Morgan fingerprint density at radius 3 is 2.46 bits per heavy atom. The Labute approximate surface area is 236 Å². The minimum Gasteiger partial charge on any atom is -0.461 e. The van der Waals surface area contributed by atoms with Gasteiger partial charge in [-0.1, -0.05) is 41.0 Å². The lowest BCUT2D eigenvalue weighted by Crippen LogP contribution is -2.65. The number of cyclic esters (lactones) is 1. The fourth-order valence-electron chi connectivity index (χ4n) is 10.2. The van der Waals surface area contributed by atoms with Gasteiger partial charge in [-0.15, -0.1) is 0 Å². The molecule has 0 aromatic carbocycles. The van der Waals surface area contributed by atoms with E-state index in [-0.39, 0.29) is 41.2 Å². The van der Waals surface area contributed by atoms with Crippen molar-refractivity contribution in [2.24, 2.45) is 51.8 Å². The van der Waals surface area contributed by atoms with Crippen molar-refractivity contribution < 1.29 is 29.3 Å². The van der Waals surface area contributed by atoms with Crippen molar-refractivity contribution in [1.29, 1.82) is 0 Å². The van der Waals surface area contributed by atoms with E-state index < -0.39 is 29.2 Å². The zero-order valence-corrected chi connectivity index (χ0v) is 25.5. The number of ether oxygens (including phenoxy) is 2. The van der Waals surface area contributed by atoms with Crippen LogP contribution in [0.5, 0.6) is 0 Å². The van der Waals surface area contributed by atoms with Gasteiger partial charge >= 0.3 is 11.9 Å². The molecule has 5 fully saturated rings. The largest absolute Gasteiger partial charge is 0.461 e. The van der Waals surface area contributed by atoms with Crippen molar-refractivity contribution in [3.8, 4) is 0 Å². The Balaban J connectivity index is 1.46. The van der Waals surface area contributed by atoms with Crippen molar-refractivity contribution in [2.45, 2.75) is 143 Å². The summed E-state index contributed by atoms with van der Waals surface area (Å²) in [4.78, 5) is 25.7. The summed E-state index contributed by atoms with van der Waals surface area (Å²) in [7, 11) is 0. The number of fused-ring (bicyclic) bond motifs is 5. The van der Waals surface area contributed by atoms with Crippen molar-refractivity contribution >= 4 is 11.9 Å². The Bertz CT molecular complexity index is 960. The number of aliphatic hydroxyl groups excluding tert-OH is 1. The third-order valence-corrected chi connectivity index (χ3v) is 13.0. The first-order valence-electron chi connectivity index (χ1n) is 16.0. The van der Waals surface area contributed by atoms with Crippen LogP contribution in [0.25, 0.3) is 0 Å². The molecule has 4 saturated carbocycles. The highest BCUT2D eigenvalue weighted by Crippen LogP contribution is 2.69. The summed E-state index contributed by atoms with van der Waals surface area (Å²) in [6.45, 7) is 15.3. The van der Waals surface area contributed by atoms with Gasteiger partial charge < -0.3 is 19.7 Å².